The van der Waals surface area contributed by atoms with Gasteiger partial charge in [-0.3, -0.25) is 4.79 Å². The molecule has 0 aliphatic rings. The van der Waals surface area contributed by atoms with Gasteiger partial charge in [0.15, 0.2) is 11.6 Å². The summed E-state index contributed by atoms with van der Waals surface area (Å²) in [6.07, 6.45) is 1.27. The lowest BCUT2D eigenvalue weighted by atomic mass is 10.2. The molecule has 0 aliphatic heterocycles. The van der Waals surface area contributed by atoms with Crippen molar-refractivity contribution < 1.29 is 14.4 Å². The fourth-order valence-corrected chi connectivity index (χ4v) is 0.984. The van der Waals surface area contributed by atoms with Crippen LogP contribution in [0.25, 0.3) is 0 Å². The average molecular weight is 208 g/mol. The Hall–Kier alpha value is -1.91. The van der Waals surface area contributed by atoms with E-state index in [2.05, 4.69) is 10.1 Å². The molecule has 0 bridgehead atoms. The van der Waals surface area contributed by atoms with E-state index in [1.807, 2.05) is 0 Å². The quantitative estimate of drug-likeness (QED) is 0.469. The van der Waals surface area contributed by atoms with Gasteiger partial charge in [-0.2, -0.15) is 0 Å². The summed E-state index contributed by atoms with van der Waals surface area (Å²) in [4.78, 5) is 15.0. The minimum Gasteiger partial charge on any atom is -0.512 e. The lowest BCUT2D eigenvalue weighted by Crippen LogP contribution is -2.01. The SMILES string of the molecule is CC(=O)/C(C=Nc1cc(C)on1)=C(\C)O. The Balaban J connectivity index is 2.89. The summed E-state index contributed by atoms with van der Waals surface area (Å²) in [6.45, 7) is 4.52. The number of allylic oxidation sites excluding steroid dienone is 2. The van der Waals surface area contributed by atoms with Gasteiger partial charge >= 0.3 is 0 Å². The van der Waals surface area contributed by atoms with Crippen LogP contribution in [0.15, 0.2) is 26.9 Å². The van der Waals surface area contributed by atoms with Gasteiger partial charge in [-0.15, -0.1) is 0 Å². The molecule has 80 valence electrons. The molecule has 0 saturated heterocycles. The number of rotatable bonds is 3. The monoisotopic (exact) mass is 208 g/mol. The van der Waals surface area contributed by atoms with Gasteiger partial charge in [0.25, 0.3) is 0 Å². The van der Waals surface area contributed by atoms with Crippen molar-refractivity contribution in [1.29, 1.82) is 0 Å². The number of Topliss-reactive ketones (excluding diaryl/α,β-unsaturated/α-hetero) is 1. The van der Waals surface area contributed by atoms with Crippen molar-refractivity contribution in [3.05, 3.63) is 23.2 Å². The first-order valence-electron chi connectivity index (χ1n) is 4.39. The Morgan fingerprint density at radius 2 is 2.27 bits per heavy atom. The highest BCUT2D eigenvalue weighted by Gasteiger charge is 2.05. The number of aliphatic hydroxyl groups excluding tert-OH is 1. The van der Waals surface area contributed by atoms with E-state index in [4.69, 9.17) is 4.52 Å². The first kappa shape index (κ1) is 11.2. The maximum Gasteiger partial charge on any atom is 0.195 e. The number of carbonyl (C=O) groups is 1. The van der Waals surface area contributed by atoms with Gasteiger partial charge in [-0.1, -0.05) is 5.16 Å². The predicted octanol–water partition coefficient (Wildman–Crippen LogP) is 2.11. The van der Waals surface area contributed by atoms with Crippen molar-refractivity contribution in [3.63, 3.8) is 0 Å². The zero-order valence-corrected chi connectivity index (χ0v) is 8.81. The van der Waals surface area contributed by atoms with Crippen molar-refractivity contribution in [2.24, 2.45) is 4.99 Å². The Bertz CT molecular complexity index is 426. The molecule has 5 heteroatoms. The summed E-state index contributed by atoms with van der Waals surface area (Å²) in [5.74, 6) is 0.689. The van der Waals surface area contributed by atoms with Crippen LogP contribution < -0.4 is 0 Å². The van der Waals surface area contributed by atoms with Crippen molar-refractivity contribution in [2.75, 3.05) is 0 Å². The summed E-state index contributed by atoms with van der Waals surface area (Å²) in [7, 11) is 0. The van der Waals surface area contributed by atoms with Crippen LogP contribution in [0.2, 0.25) is 0 Å². The zero-order valence-electron chi connectivity index (χ0n) is 8.81. The molecule has 0 spiro atoms. The smallest absolute Gasteiger partial charge is 0.195 e. The highest BCUT2D eigenvalue weighted by Crippen LogP contribution is 2.11. The molecule has 0 aliphatic carbocycles. The van der Waals surface area contributed by atoms with Crippen LogP contribution in [0.3, 0.4) is 0 Å². The minimum absolute atomic E-state index is 0.0635. The minimum atomic E-state index is -0.251. The molecule has 5 nitrogen and oxygen atoms in total. The molecular formula is C10H12N2O3. The molecule has 0 amide bonds. The predicted molar refractivity (Wildman–Crippen MR) is 55.4 cm³/mol. The molecule has 1 N–H and O–H groups in total. The van der Waals surface area contributed by atoms with Crippen molar-refractivity contribution >= 4 is 17.8 Å². The van der Waals surface area contributed by atoms with Crippen LogP contribution in [0.1, 0.15) is 19.6 Å². The van der Waals surface area contributed by atoms with E-state index in [1.165, 1.54) is 20.1 Å². The van der Waals surface area contributed by atoms with Crippen LogP contribution in [0.4, 0.5) is 5.82 Å². The Morgan fingerprint density at radius 3 is 2.67 bits per heavy atom. The molecule has 1 aromatic rings. The largest absolute Gasteiger partial charge is 0.512 e. The van der Waals surface area contributed by atoms with Crippen LogP contribution in [0.5, 0.6) is 0 Å². The van der Waals surface area contributed by atoms with Crippen molar-refractivity contribution in [3.8, 4) is 0 Å². The topological polar surface area (TPSA) is 75.7 Å². The third kappa shape index (κ3) is 3.05. The van der Waals surface area contributed by atoms with E-state index < -0.39 is 0 Å². The van der Waals surface area contributed by atoms with Gasteiger partial charge in [-0.05, 0) is 20.8 Å². The number of aromatic nitrogens is 1. The summed E-state index contributed by atoms with van der Waals surface area (Å²) >= 11 is 0. The van der Waals surface area contributed by atoms with E-state index in [9.17, 15) is 9.90 Å². The lowest BCUT2D eigenvalue weighted by molar-refractivity contribution is -0.113. The molecule has 0 fully saturated rings. The van der Waals surface area contributed by atoms with E-state index in [1.54, 1.807) is 13.0 Å². The van der Waals surface area contributed by atoms with Crippen molar-refractivity contribution in [1.82, 2.24) is 5.16 Å². The number of carbonyl (C=O) groups excluding carboxylic acids is 1. The van der Waals surface area contributed by atoms with Crippen LogP contribution >= 0.6 is 0 Å². The van der Waals surface area contributed by atoms with Gasteiger partial charge in [0, 0.05) is 12.3 Å². The van der Waals surface area contributed by atoms with Gasteiger partial charge in [0.1, 0.15) is 11.5 Å². The molecule has 0 saturated carbocycles. The number of aliphatic imine (C=N–C) groups is 1. The second-order valence-corrected chi connectivity index (χ2v) is 3.11. The molecular weight excluding hydrogens is 196 g/mol. The Kier molecular flexibility index (Phi) is 3.38. The molecule has 0 unspecified atom stereocenters. The number of hydrogen-bond donors (Lipinski definition) is 1. The number of hydrogen-bond acceptors (Lipinski definition) is 5. The second kappa shape index (κ2) is 4.54. The van der Waals surface area contributed by atoms with Crippen LogP contribution in [-0.2, 0) is 4.79 Å². The van der Waals surface area contributed by atoms with E-state index in [0.717, 1.165) is 0 Å². The Labute approximate surface area is 87.1 Å². The number of aliphatic hydroxyl groups is 1. The summed E-state index contributed by atoms with van der Waals surface area (Å²) in [5, 5.41) is 12.8. The fraction of sp³-hybridized carbons (Fsp3) is 0.300. The molecule has 0 atom stereocenters. The number of aryl methyl sites for hydroxylation is 1. The molecule has 1 aromatic heterocycles. The zero-order chi connectivity index (χ0) is 11.4. The number of ketones is 1. The Morgan fingerprint density at radius 1 is 1.60 bits per heavy atom. The highest BCUT2D eigenvalue weighted by atomic mass is 16.5. The average Bonchev–Trinajstić information content (AvgIpc) is 2.50. The second-order valence-electron chi connectivity index (χ2n) is 3.11. The summed E-state index contributed by atoms with van der Waals surface area (Å²) in [6, 6.07) is 1.63. The van der Waals surface area contributed by atoms with Gasteiger partial charge in [0.05, 0.1) is 5.57 Å². The van der Waals surface area contributed by atoms with E-state index in [-0.39, 0.29) is 17.1 Å². The van der Waals surface area contributed by atoms with Gasteiger partial charge in [-0.25, -0.2) is 4.99 Å². The first-order chi connectivity index (χ1) is 7.00. The van der Waals surface area contributed by atoms with E-state index in [0.29, 0.717) is 11.6 Å². The summed E-state index contributed by atoms with van der Waals surface area (Å²) in [5.41, 5.74) is 0.163. The summed E-state index contributed by atoms with van der Waals surface area (Å²) < 4.78 is 4.79. The highest BCUT2D eigenvalue weighted by molar-refractivity contribution is 6.12. The third-order valence-corrected chi connectivity index (χ3v) is 1.71. The fourth-order valence-electron chi connectivity index (χ4n) is 0.984. The maximum absolute atomic E-state index is 11.1. The standard InChI is InChI=1S/C10H12N2O3/c1-6-4-10(12-15-6)11-5-9(7(2)13)8(3)14/h4-5,13H,1-3H3/b9-7+,11-5?. The number of nitrogens with zero attached hydrogens (tertiary/aromatic N) is 2. The molecule has 0 radical (unpaired) electrons. The maximum atomic E-state index is 11.1. The normalized spacial score (nSPS) is 13.0. The van der Waals surface area contributed by atoms with Gasteiger partial charge < -0.3 is 9.63 Å². The molecule has 1 rings (SSSR count). The van der Waals surface area contributed by atoms with Crippen LogP contribution in [0, 0.1) is 6.92 Å². The first-order valence-corrected chi connectivity index (χ1v) is 4.39. The molecule has 1 heterocycles. The third-order valence-electron chi connectivity index (χ3n) is 1.71. The molecule has 15 heavy (non-hydrogen) atoms. The lowest BCUT2D eigenvalue weighted by Gasteiger charge is -1.95. The van der Waals surface area contributed by atoms with Gasteiger partial charge in [0.2, 0.25) is 0 Å². The van der Waals surface area contributed by atoms with Crippen molar-refractivity contribution in [2.45, 2.75) is 20.8 Å². The van der Waals surface area contributed by atoms with E-state index >= 15 is 0 Å². The van der Waals surface area contributed by atoms with Crippen LogP contribution in [-0.4, -0.2) is 22.3 Å². The molecule has 0 aromatic carbocycles.